The highest BCUT2D eigenvalue weighted by atomic mass is 32.2. The van der Waals surface area contributed by atoms with Gasteiger partial charge in [-0.1, -0.05) is 52.0 Å². The largest absolute Gasteiger partial charge is 0.325 e. The Balaban J connectivity index is 3.07. The summed E-state index contributed by atoms with van der Waals surface area (Å²) < 4.78 is 0. The molecule has 1 rings (SSSR count). The number of carbonyl (C=O) groups is 2. The first-order valence-corrected chi connectivity index (χ1v) is 10.6. The van der Waals surface area contributed by atoms with E-state index in [-0.39, 0.29) is 16.4 Å². The van der Waals surface area contributed by atoms with Crippen LogP contribution in [0.2, 0.25) is 0 Å². The normalized spacial score (nSPS) is 17.7. The molecule has 0 radical (unpaired) electrons. The molecule has 4 heteroatoms. The minimum Gasteiger partial charge on any atom is -0.325 e. The molecule has 1 amide bonds. The van der Waals surface area contributed by atoms with Gasteiger partial charge < -0.3 is 5.32 Å². The van der Waals surface area contributed by atoms with Crippen molar-refractivity contribution in [3.63, 3.8) is 0 Å². The van der Waals surface area contributed by atoms with Gasteiger partial charge in [0.1, 0.15) is 0 Å². The molecule has 0 bridgehead atoms. The summed E-state index contributed by atoms with van der Waals surface area (Å²) in [7, 11) is 0. The van der Waals surface area contributed by atoms with E-state index >= 15 is 0 Å². The highest BCUT2D eigenvalue weighted by molar-refractivity contribution is 8.17. The summed E-state index contributed by atoms with van der Waals surface area (Å²) in [6.45, 7) is 8.14. The molecule has 0 aromatic carbocycles. The topological polar surface area (TPSA) is 46.2 Å². The summed E-state index contributed by atoms with van der Waals surface area (Å²) >= 11 is 0.997. The second-order valence-corrected chi connectivity index (χ2v) is 8.37. The van der Waals surface area contributed by atoms with Crippen LogP contribution >= 0.6 is 11.8 Å². The van der Waals surface area contributed by atoms with Crippen LogP contribution in [-0.2, 0) is 9.59 Å². The van der Waals surface area contributed by atoms with Crippen LogP contribution in [0.15, 0.2) is 22.8 Å². The summed E-state index contributed by atoms with van der Waals surface area (Å²) in [5, 5.41) is 2.78. The SMILES string of the molecule is C#CC(=O)S/C(C)=C(/C=C\C)NC(=O)C1(CC(CC)CC)CCCCC1. The number of allylic oxidation sites excluding steroid dienone is 3. The number of rotatable bonds is 8. The number of amides is 1. The average molecular weight is 376 g/mol. The summed E-state index contributed by atoms with van der Waals surface area (Å²) in [5.41, 5.74) is 0.392. The van der Waals surface area contributed by atoms with E-state index in [1.807, 2.05) is 26.0 Å². The van der Waals surface area contributed by atoms with Crippen LogP contribution in [-0.4, -0.2) is 11.0 Å². The first-order chi connectivity index (χ1) is 12.4. The van der Waals surface area contributed by atoms with E-state index in [4.69, 9.17) is 6.42 Å². The van der Waals surface area contributed by atoms with Crippen molar-refractivity contribution in [1.82, 2.24) is 5.32 Å². The molecule has 144 valence electrons. The zero-order chi connectivity index (χ0) is 19.6. The van der Waals surface area contributed by atoms with Crippen LogP contribution in [0.3, 0.4) is 0 Å². The van der Waals surface area contributed by atoms with Crippen molar-refractivity contribution in [2.24, 2.45) is 11.3 Å². The predicted octanol–water partition coefficient (Wildman–Crippen LogP) is 5.58. The van der Waals surface area contributed by atoms with Gasteiger partial charge in [0.15, 0.2) is 0 Å². The summed E-state index contributed by atoms with van der Waals surface area (Å²) in [6, 6.07) is 0. The highest BCUT2D eigenvalue weighted by Crippen LogP contribution is 2.43. The summed E-state index contributed by atoms with van der Waals surface area (Å²) in [5.74, 6) is 2.79. The van der Waals surface area contributed by atoms with Crippen molar-refractivity contribution in [3.8, 4) is 12.3 Å². The molecule has 0 aromatic rings. The fourth-order valence-corrected chi connectivity index (χ4v) is 4.34. The first-order valence-electron chi connectivity index (χ1n) is 9.75. The van der Waals surface area contributed by atoms with Crippen molar-refractivity contribution in [2.45, 2.75) is 79.1 Å². The van der Waals surface area contributed by atoms with Gasteiger partial charge in [-0.15, -0.1) is 6.42 Å². The Morgan fingerprint density at radius 3 is 2.35 bits per heavy atom. The molecule has 0 aromatic heterocycles. The molecular formula is C22H33NO2S. The molecule has 0 heterocycles. The maximum absolute atomic E-state index is 13.3. The Bertz CT molecular complexity index is 588. The monoisotopic (exact) mass is 375 g/mol. The van der Waals surface area contributed by atoms with Crippen molar-refractivity contribution in [2.75, 3.05) is 0 Å². The predicted molar refractivity (Wildman–Crippen MR) is 111 cm³/mol. The van der Waals surface area contributed by atoms with Gasteiger partial charge in [-0.05, 0) is 62.8 Å². The molecule has 1 saturated carbocycles. The second-order valence-electron chi connectivity index (χ2n) is 7.19. The van der Waals surface area contributed by atoms with Crippen LogP contribution in [0.1, 0.15) is 79.1 Å². The molecule has 1 N–H and O–H groups in total. The number of hydrogen-bond donors (Lipinski definition) is 1. The zero-order valence-electron chi connectivity index (χ0n) is 16.7. The molecule has 0 unspecified atom stereocenters. The zero-order valence-corrected chi connectivity index (χ0v) is 17.5. The van der Waals surface area contributed by atoms with Gasteiger partial charge in [-0.2, -0.15) is 0 Å². The van der Waals surface area contributed by atoms with E-state index in [0.29, 0.717) is 11.6 Å². The first kappa shape index (κ1) is 22.6. The highest BCUT2D eigenvalue weighted by Gasteiger charge is 2.40. The Morgan fingerprint density at radius 2 is 1.85 bits per heavy atom. The van der Waals surface area contributed by atoms with Crippen molar-refractivity contribution >= 4 is 22.8 Å². The van der Waals surface area contributed by atoms with Gasteiger partial charge in [0.05, 0.1) is 5.70 Å². The smallest absolute Gasteiger partial charge is 0.266 e. The summed E-state index contributed by atoms with van der Waals surface area (Å²) in [4.78, 5) is 25.6. The van der Waals surface area contributed by atoms with Gasteiger partial charge >= 0.3 is 0 Å². The Kier molecular flexibility index (Phi) is 9.80. The van der Waals surface area contributed by atoms with E-state index in [9.17, 15) is 9.59 Å². The van der Waals surface area contributed by atoms with Crippen LogP contribution in [0.4, 0.5) is 0 Å². The number of carbonyl (C=O) groups excluding carboxylic acids is 2. The fourth-order valence-electron chi connectivity index (χ4n) is 3.77. The van der Waals surface area contributed by atoms with Crippen LogP contribution in [0, 0.1) is 23.7 Å². The number of hydrogen-bond acceptors (Lipinski definition) is 3. The minimum atomic E-state index is -0.344. The van der Waals surface area contributed by atoms with Crippen molar-refractivity contribution in [3.05, 3.63) is 22.8 Å². The fraction of sp³-hybridized carbons (Fsp3) is 0.636. The minimum absolute atomic E-state index is 0.102. The van der Waals surface area contributed by atoms with Gasteiger partial charge in [-0.25, -0.2) is 0 Å². The molecule has 0 saturated heterocycles. The molecule has 3 nitrogen and oxygen atoms in total. The standard InChI is InChI=1S/C22H33NO2S/c1-6-13-19(17(5)26-20(24)9-4)23-21(25)22(14-11-10-12-15-22)16-18(7-2)8-3/h4,6,13,18H,7-8,10-12,14-16H2,1-3,5H3,(H,23,25)/b13-6-,19-17-. The lowest BCUT2D eigenvalue weighted by Gasteiger charge is -2.38. The molecular weight excluding hydrogens is 342 g/mol. The molecule has 0 aliphatic heterocycles. The Hall–Kier alpha value is -1.47. The maximum Gasteiger partial charge on any atom is 0.266 e. The molecule has 1 aliphatic rings. The third-order valence-electron chi connectivity index (χ3n) is 5.45. The van der Waals surface area contributed by atoms with Crippen LogP contribution in [0.25, 0.3) is 0 Å². The Labute approximate surface area is 163 Å². The van der Waals surface area contributed by atoms with Crippen LogP contribution in [0.5, 0.6) is 0 Å². The number of terminal acetylenes is 1. The van der Waals surface area contributed by atoms with Gasteiger partial charge in [0, 0.05) is 10.3 Å². The molecule has 1 fully saturated rings. The van der Waals surface area contributed by atoms with Gasteiger partial charge in [0.25, 0.3) is 5.12 Å². The molecule has 0 atom stereocenters. The molecule has 26 heavy (non-hydrogen) atoms. The lowest BCUT2D eigenvalue weighted by atomic mass is 9.67. The lowest BCUT2D eigenvalue weighted by molar-refractivity contribution is -0.133. The third-order valence-corrected chi connectivity index (χ3v) is 6.28. The van der Waals surface area contributed by atoms with E-state index < -0.39 is 0 Å². The summed E-state index contributed by atoms with van der Waals surface area (Å²) in [6.07, 6.45) is 17.4. The van der Waals surface area contributed by atoms with Crippen molar-refractivity contribution < 1.29 is 9.59 Å². The van der Waals surface area contributed by atoms with E-state index in [0.717, 1.165) is 61.6 Å². The quantitative estimate of drug-likeness (QED) is 0.445. The van der Waals surface area contributed by atoms with E-state index in [1.165, 1.54) is 6.42 Å². The molecule has 0 spiro atoms. The van der Waals surface area contributed by atoms with Gasteiger partial charge in [0.2, 0.25) is 5.91 Å². The number of thioether (sulfide) groups is 1. The van der Waals surface area contributed by atoms with E-state index in [1.54, 1.807) is 0 Å². The third kappa shape index (κ3) is 6.36. The van der Waals surface area contributed by atoms with Gasteiger partial charge in [-0.3, -0.25) is 9.59 Å². The Morgan fingerprint density at radius 1 is 1.23 bits per heavy atom. The maximum atomic E-state index is 13.3. The molecule has 1 aliphatic carbocycles. The second kappa shape index (κ2) is 11.3. The number of nitrogens with one attached hydrogen (secondary N) is 1. The lowest BCUT2D eigenvalue weighted by Crippen LogP contribution is -2.43. The average Bonchev–Trinajstić information content (AvgIpc) is 2.66. The van der Waals surface area contributed by atoms with E-state index in [2.05, 4.69) is 25.1 Å². The van der Waals surface area contributed by atoms with Crippen molar-refractivity contribution in [1.29, 1.82) is 0 Å². The van der Waals surface area contributed by atoms with Crippen LogP contribution < -0.4 is 5.32 Å².